The van der Waals surface area contributed by atoms with Gasteiger partial charge < -0.3 is 19.5 Å². The van der Waals surface area contributed by atoms with E-state index in [4.69, 9.17) is 21.1 Å². The number of ether oxygens (including phenoxy) is 2. The SMILES string of the molecule is CCN(CC)CCC(Cl)Oc1cccc2c1Oc1ccccc1-c1cc(CO)sc1-2. The van der Waals surface area contributed by atoms with Crippen LogP contribution < -0.4 is 9.47 Å². The zero-order valence-corrected chi connectivity index (χ0v) is 18.8. The fourth-order valence-corrected chi connectivity index (χ4v) is 4.97. The molecule has 0 amide bonds. The van der Waals surface area contributed by atoms with Gasteiger partial charge in [0.25, 0.3) is 0 Å². The number of nitrogens with zero attached hydrogens (tertiary/aromatic N) is 1. The van der Waals surface area contributed by atoms with Crippen LogP contribution in [0, 0.1) is 0 Å². The molecule has 2 aromatic carbocycles. The molecule has 0 saturated carbocycles. The predicted octanol–water partition coefficient (Wildman–Crippen LogP) is 6.36. The van der Waals surface area contributed by atoms with Crippen LogP contribution in [0.3, 0.4) is 0 Å². The van der Waals surface area contributed by atoms with Gasteiger partial charge in [-0.25, -0.2) is 0 Å². The lowest BCUT2D eigenvalue weighted by atomic mass is 10.0. The van der Waals surface area contributed by atoms with E-state index in [2.05, 4.69) is 18.7 Å². The topological polar surface area (TPSA) is 41.9 Å². The van der Waals surface area contributed by atoms with Crippen LogP contribution in [0.15, 0.2) is 48.5 Å². The zero-order valence-electron chi connectivity index (χ0n) is 17.2. The van der Waals surface area contributed by atoms with Crippen molar-refractivity contribution in [2.45, 2.75) is 32.4 Å². The summed E-state index contributed by atoms with van der Waals surface area (Å²) in [5.74, 6) is 2.07. The number of hydrogen-bond donors (Lipinski definition) is 1. The Hall–Kier alpha value is -2.05. The summed E-state index contributed by atoms with van der Waals surface area (Å²) in [6.07, 6.45) is 0.725. The lowest BCUT2D eigenvalue weighted by molar-refractivity contribution is 0.220. The van der Waals surface area contributed by atoms with Crippen LogP contribution >= 0.6 is 22.9 Å². The lowest BCUT2D eigenvalue weighted by Crippen LogP contribution is -2.27. The van der Waals surface area contributed by atoms with Gasteiger partial charge in [0.15, 0.2) is 17.1 Å². The highest BCUT2D eigenvalue weighted by Gasteiger charge is 2.26. The average molecular weight is 444 g/mol. The second-order valence-corrected chi connectivity index (χ2v) is 8.81. The van der Waals surface area contributed by atoms with Crippen molar-refractivity contribution in [3.63, 3.8) is 0 Å². The van der Waals surface area contributed by atoms with Gasteiger partial charge in [0.2, 0.25) is 0 Å². The van der Waals surface area contributed by atoms with E-state index in [1.165, 1.54) is 0 Å². The van der Waals surface area contributed by atoms with Crippen molar-refractivity contribution in [1.29, 1.82) is 0 Å². The Morgan fingerprint density at radius 2 is 1.83 bits per heavy atom. The molecule has 1 N–H and O–H groups in total. The van der Waals surface area contributed by atoms with Crippen LogP contribution in [-0.2, 0) is 6.61 Å². The highest BCUT2D eigenvalue weighted by Crippen LogP contribution is 2.53. The minimum Gasteiger partial charge on any atom is -0.471 e. The van der Waals surface area contributed by atoms with Gasteiger partial charge in [0, 0.05) is 39.4 Å². The van der Waals surface area contributed by atoms with E-state index in [1.807, 2.05) is 48.5 Å². The molecule has 0 fully saturated rings. The quantitative estimate of drug-likeness (QED) is 0.322. The van der Waals surface area contributed by atoms with Crippen molar-refractivity contribution >= 4 is 22.9 Å². The maximum Gasteiger partial charge on any atom is 0.178 e. The number of halogens is 1. The molecule has 1 atom stereocenters. The number of fused-ring (bicyclic) bond motifs is 5. The second kappa shape index (κ2) is 9.40. The second-order valence-electron chi connectivity index (χ2n) is 7.19. The number of aliphatic hydroxyl groups excluding tert-OH is 1. The van der Waals surface area contributed by atoms with Crippen molar-refractivity contribution < 1.29 is 14.6 Å². The Balaban J connectivity index is 1.70. The molecule has 1 aliphatic heterocycles. The van der Waals surface area contributed by atoms with Crippen molar-refractivity contribution in [3.05, 3.63) is 53.4 Å². The van der Waals surface area contributed by atoms with Gasteiger partial charge in [0.05, 0.1) is 6.61 Å². The first kappa shape index (κ1) is 21.2. The summed E-state index contributed by atoms with van der Waals surface area (Å²) < 4.78 is 12.5. The van der Waals surface area contributed by atoms with E-state index in [-0.39, 0.29) is 6.61 Å². The number of benzene rings is 2. The summed E-state index contributed by atoms with van der Waals surface area (Å²) in [6, 6.07) is 15.9. The molecule has 3 aromatic rings. The Bertz CT molecular complexity index is 1020. The first-order valence-electron chi connectivity index (χ1n) is 10.3. The number of para-hydroxylation sites is 2. The Kier molecular flexibility index (Phi) is 6.64. The Morgan fingerprint density at radius 1 is 1.07 bits per heavy atom. The predicted molar refractivity (Wildman–Crippen MR) is 124 cm³/mol. The minimum absolute atomic E-state index is 0.0152. The van der Waals surface area contributed by atoms with E-state index in [9.17, 15) is 5.11 Å². The fourth-order valence-electron chi connectivity index (χ4n) is 3.72. The van der Waals surface area contributed by atoms with Crippen molar-refractivity contribution in [3.8, 4) is 38.8 Å². The molecule has 4 rings (SSSR count). The molecular weight excluding hydrogens is 418 g/mol. The first-order valence-corrected chi connectivity index (χ1v) is 11.6. The normalized spacial score (nSPS) is 13.1. The van der Waals surface area contributed by atoms with E-state index in [0.29, 0.717) is 11.5 Å². The molecule has 0 saturated heterocycles. The zero-order chi connectivity index (χ0) is 21.1. The highest BCUT2D eigenvalue weighted by atomic mass is 35.5. The molecule has 0 spiro atoms. The van der Waals surface area contributed by atoms with Gasteiger partial charge in [0.1, 0.15) is 5.75 Å². The molecule has 0 aliphatic carbocycles. The summed E-state index contributed by atoms with van der Waals surface area (Å²) in [6.45, 7) is 7.19. The highest BCUT2D eigenvalue weighted by molar-refractivity contribution is 7.16. The van der Waals surface area contributed by atoms with Crippen molar-refractivity contribution in [2.75, 3.05) is 19.6 Å². The summed E-state index contributed by atoms with van der Waals surface area (Å²) in [4.78, 5) is 4.31. The van der Waals surface area contributed by atoms with Crippen LogP contribution in [0.2, 0.25) is 0 Å². The Morgan fingerprint density at radius 3 is 2.60 bits per heavy atom. The number of rotatable bonds is 8. The maximum atomic E-state index is 9.70. The first-order chi connectivity index (χ1) is 14.6. The third-order valence-electron chi connectivity index (χ3n) is 5.37. The van der Waals surface area contributed by atoms with Crippen molar-refractivity contribution in [2.24, 2.45) is 0 Å². The van der Waals surface area contributed by atoms with E-state index >= 15 is 0 Å². The summed E-state index contributed by atoms with van der Waals surface area (Å²) >= 11 is 8.13. The molecule has 1 aromatic heterocycles. The van der Waals surface area contributed by atoms with E-state index < -0.39 is 5.56 Å². The van der Waals surface area contributed by atoms with Crippen molar-refractivity contribution in [1.82, 2.24) is 4.90 Å². The molecule has 4 nitrogen and oxygen atoms in total. The third kappa shape index (κ3) is 4.21. The standard InChI is InChI=1S/C24H26ClNO3S/c1-3-26(4-2)13-12-22(25)28-21-11-7-9-18-23(21)29-20-10-6-5-8-17(20)19-14-16(15-27)30-24(18)19/h5-11,14,22,27H,3-4,12-13,15H2,1-2H3. The molecule has 158 valence electrons. The molecule has 1 aliphatic rings. The van der Waals surface area contributed by atoms with Crippen LogP contribution in [-0.4, -0.2) is 35.2 Å². The van der Waals surface area contributed by atoms with Gasteiger partial charge >= 0.3 is 0 Å². The van der Waals surface area contributed by atoms with E-state index in [0.717, 1.165) is 58.2 Å². The largest absolute Gasteiger partial charge is 0.471 e. The van der Waals surface area contributed by atoms with Crippen LogP contribution in [0.25, 0.3) is 21.6 Å². The van der Waals surface area contributed by atoms with Gasteiger partial charge in [-0.05, 0) is 37.4 Å². The van der Waals surface area contributed by atoms with Crippen LogP contribution in [0.5, 0.6) is 17.2 Å². The number of aliphatic hydroxyl groups is 1. The lowest BCUT2D eigenvalue weighted by Gasteiger charge is -2.21. The monoisotopic (exact) mass is 443 g/mol. The summed E-state index contributed by atoms with van der Waals surface area (Å²) in [5, 5.41) is 9.70. The molecular formula is C24H26ClNO3S. The Labute approximate surface area is 186 Å². The van der Waals surface area contributed by atoms with E-state index in [1.54, 1.807) is 11.3 Å². The number of thiophene rings is 1. The summed E-state index contributed by atoms with van der Waals surface area (Å²) in [7, 11) is 0. The third-order valence-corrected chi connectivity index (χ3v) is 6.83. The molecule has 0 radical (unpaired) electrons. The van der Waals surface area contributed by atoms with Gasteiger partial charge in [-0.15, -0.1) is 11.3 Å². The molecule has 6 heteroatoms. The maximum absolute atomic E-state index is 9.70. The molecule has 30 heavy (non-hydrogen) atoms. The van der Waals surface area contributed by atoms with Gasteiger partial charge in [-0.3, -0.25) is 0 Å². The summed E-state index contributed by atoms with van der Waals surface area (Å²) in [5.41, 5.74) is 2.58. The number of hydrogen-bond acceptors (Lipinski definition) is 5. The number of alkyl halides is 1. The smallest absolute Gasteiger partial charge is 0.178 e. The van der Waals surface area contributed by atoms with Crippen LogP contribution in [0.1, 0.15) is 25.1 Å². The fraction of sp³-hybridized carbons (Fsp3) is 0.333. The van der Waals surface area contributed by atoms with Gasteiger partial charge in [-0.2, -0.15) is 0 Å². The van der Waals surface area contributed by atoms with Gasteiger partial charge in [-0.1, -0.05) is 49.7 Å². The molecule has 0 bridgehead atoms. The molecule has 1 unspecified atom stereocenters. The molecule has 2 heterocycles. The minimum atomic E-state index is -0.449. The average Bonchev–Trinajstić information content (AvgIpc) is 3.15. The van der Waals surface area contributed by atoms with Crippen LogP contribution in [0.4, 0.5) is 0 Å².